The third-order valence-corrected chi connectivity index (χ3v) is 3.77. The summed E-state index contributed by atoms with van der Waals surface area (Å²) in [4.78, 5) is 4.43. The molecular formula is C14H12BrN. The molecule has 0 amide bonds. The summed E-state index contributed by atoms with van der Waals surface area (Å²) in [5.74, 6) is 0. The number of hydrogen-bond acceptors (Lipinski definition) is 1. The summed E-state index contributed by atoms with van der Waals surface area (Å²) >= 11 is 3.55. The van der Waals surface area contributed by atoms with Gasteiger partial charge in [-0.1, -0.05) is 12.1 Å². The lowest BCUT2D eigenvalue weighted by atomic mass is 10.0. The van der Waals surface area contributed by atoms with E-state index >= 15 is 0 Å². The van der Waals surface area contributed by atoms with Crippen LogP contribution in [0.25, 0.3) is 11.3 Å². The van der Waals surface area contributed by atoms with Crippen LogP contribution in [0, 0.1) is 0 Å². The van der Waals surface area contributed by atoms with Gasteiger partial charge in [0, 0.05) is 16.2 Å². The predicted molar refractivity (Wildman–Crippen MR) is 69.4 cm³/mol. The zero-order chi connectivity index (χ0) is 11.0. The van der Waals surface area contributed by atoms with E-state index in [-0.39, 0.29) is 0 Å². The highest BCUT2D eigenvalue weighted by atomic mass is 79.9. The number of rotatable bonds is 1. The number of pyridine rings is 1. The zero-order valence-electron chi connectivity index (χ0n) is 8.91. The van der Waals surface area contributed by atoms with E-state index in [4.69, 9.17) is 0 Å². The van der Waals surface area contributed by atoms with Crippen LogP contribution in [0.15, 0.2) is 41.0 Å². The molecule has 2 aromatic rings. The quantitative estimate of drug-likeness (QED) is 0.766. The number of halogens is 1. The molecule has 1 nitrogen and oxygen atoms in total. The molecule has 3 rings (SSSR count). The maximum absolute atomic E-state index is 4.43. The second kappa shape index (κ2) is 4.02. The summed E-state index contributed by atoms with van der Waals surface area (Å²) in [5, 5.41) is 0. The maximum Gasteiger partial charge on any atom is 0.0843 e. The van der Waals surface area contributed by atoms with Crippen LogP contribution in [0.5, 0.6) is 0 Å². The lowest BCUT2D eigenvalue weighted by Crippen LogP contribution is -1.88. The summed E-state index contributed by atoms with van der Waals surface area (Å²) in [7, 11) is 0. The Kier molecular flexibility index (Phi) is 2.52. The molecule has 1 heterocycles. The van der Waals surface area contributed by atoms with Crippen molar-refractivity contribution in [2.75, 3.05) is 0 Å². The standard InChI is InChI=1S/C14H12BrN/c15-13-5-2-8-16-14(13)12-7-6-10-3-1-4-11(10)9-12/h2,5-9H,1,3-4H2. The maximum atomic E-state index is 4.43. The van der Waals surface area contributed by atoms with E-state index in [2.05, 4.69) is 39.1 Å². The molecular weight excluding hydrogens is 262 g/mol. The average molecular weight is 274 g/mol. The normalized spacial score (nSPS) is 13.8. The van der Waals surface area contributed by atoms with Crippen molar-refractivity contribution in [1.29, 1.82) is 0 Å². The molecule has 16 heavy (non-hydrogen) atoms. The first-order chi connectivity index (χ1) is 7.84. The molecule has 0 radical (unpaired) electrons. The molecule has 0 atom stereocenters. The fraction of sp³-hybridized carbons (Fsp3) is 0.214. The molecule has 1 aliphatic carbocycles. The number of aryl methyl sites for hydroxylation is 2. The average Bonchev–Trinajstić information content (AvgIpc) is 2.76. The summed E-state index contributed by atoms with van der Waals surface area (Å²) in [6.45, 7) is 0. The lowest BCUT2D eigenvalue weighted by molar-refractivity contribution is 0.912. The lowest BCUT2D eigenvalue weighted by Gasteiger charge is -2.06. The van der Waals surface area contributed by atoms with Gasteiger partial charge in [0.25, 0.3) is 0 Å². The Morgan fingerprint density at radius 2 is 1.94 bits per heavy atom. The molecule has 0 N–H and O–H groups in total. The van der Waals surface area contributed by atoms with Crippen molar-refractivity contribution < 1.29 is 0 Å². The largest absolute Gasteiger partial charge is 0.255 e. The second-order valence-corrected chi connectivity index (χ2v) is 5.03. The Morgan fingerprint density at radius 1 is 1.06 bits per heavy atom. The van der Waals surface area contributed by atoms with Crippen molar-refractivity contribution in [3.8, 4) is 11.3 Å². The van der Waals surface area contributed by atoms with Gasteiger partial charge < -0.3 is 0 Å². The minimum atomic E-state index is 1.04. The van der Waals surface area contributed by atoms with E-state index in [0.29, 0.717) is 0 Å². The summed E-state index contributed by atoms with van der Waals surface area (Å²) < 4.78 is 1.06. The minimum Gasteiger partial charge on any atom is -0.255 e. The molecule has 0 saturated carbocycles. The Labute approximate surface area is 104 Å². The highest BCUT2D eigenvalue weighted by molar-refractivity contribution is 9.10. The Hall–Kier alpha value is -1.15. The van der Waals surface area contributed by atoms with Gasteiger partial charge in [0.15, 0.2) is 0 Å². The molecule has 0 aliphatic heterocycles. The van der Waals surface area contributed by atoms with E-state index in [0.717, 1.165) is 10.2 Å². The Morgan fingerprint density at radius 3 is 2.81 bits per heavy atom. The summed E-state index contributed by atoms with van der Waals surface area (Å²) in [6, 6.07) is 10.7. The van der Waals surface area contributed by atoms with Crippen LogP contribution in [0.3, 0.4) is 0 Å². The molecule has 0 bridgehead atoms. The summed E-state index contributed by atoms with van der Waals surface area (Å²) in [5.41, 5.74) is 5.26. The molecule has 0 fully saturated rings. The van der Waals surface area contributed by atoms with Crippen LogP contribution in [0.4, 0.5) is 0 Å². The third kappa shape index (κ3) is 1.67. The topological polar surface area (TPSA) is 12.9 Å². The fourth-order valence-corrected chi connectivity index (χ4v) is 2.80. The van der Waals surface area contributed by atoms with Crippen LogP contribution >= 0.6 is 15.9 Å². The molecule has 1 aromatic carbocycles. The van der Waals surface area contributed by atoms with Gasteiger partial charge in [-0.25, -0.2) is 0 Å². The van der Waals surface area contributed by atoms with Crippen LogP contribution in [0.2, 0.25) is 0 Å². The first-order valence-corrected chi connectivity index (χ1v) is 6.36. The van der Waals surface area contributed by atoms with Crippen LogP contribution in [-0.2, 0) is 12.8 Å². The molecule has 0 spiro atoms. The number of hydrogen-bond donors (Lipinski definition) is 0. The van der Waals surface area contributed by atoms with Gasteiger partial charge in [0.2, 0.25) is 0 Å². The third-order valence-electron chi connectivity index (χ3n) is 3.13. The second-order valence-electron chi connectivity index (χ2n) is 4.17. The van der Waals surface area contributed by atoms with Crippen molar-refractivity contribution in [3.63, 3.8) is 0 Å². The van der Waals surface area contributed by atoms with Crippen molar-refractivity contribution in [2.45, 2.75) is 19.3 Å². The number of benzene rings is 1. The van der Waals surface area contributed by atoms with Gasteiger partial charge in [-0.2, -0.15) is 0 Å². The first-order valence-electron chi connectivity index (χ1n) is 5.57. The minimum absolute atomic E-state index is 1.04. The van der Waals surface area contributed by atoms with E-state index in [9.17, 15) is 0 Å². The number of aromatic nitrogens is 1. The monoisotopic (exact) mass is 273 g/mol. The molecule has 0 unspecified atom stereocenters. The van der Waals surface area contributed by atoms with Gasteiger partial charge >= 0.3 is 0 Å². The molecule has 0 saturated heterocycles. The van der Waals surface area contributed by atoms with Gasteiger partial charge in [-0.05, 0) is 64.5 Å². The van der Waals surface area contributed by atoms with Crippen molar-refractivity contribution in [1.82, 2.24) is 4.98 Å². The van der Waals surface area contributed by atoms with Gasteiger partial charge in [-0.15, -0.1) is 0 Å². The fourth-order valence-electron chi connectivity index (χ4n) is 2.32. The van der Waals surface area contributed by atoms with E-state index in [1.54, 1.807) is 0 Å². The van der Waals surface area contributed by atoms with Gasteiger partial charge in [0.1, 0.15) is 0 Å². The van der Waals surface area contributed by atoms with Crippen molar-refractivity contribution in [3.05, 3.63) is 52.1 Å². The molecule has 1 aliphatic rings. The molecule has 80 valence electrons. The Balaban J connectivity index is 2.11. The van der Waals surface area contributed by atoms with Crippen molar-refractivity contribution >= 4 is 15.9 Å². The van der Waals surface area contributed by atoms with E-state index in [1.165, 1.54) is 36.0 Å². The van der Waals surface area contributed by atoms with E-state index in [1.807, 2.05) is 18.3 Å². The number of fused-ring (bicyclic) bond motifs is 1. The number of nitrogens with zero attached hydrogens (tertiary/aromatic N) is 1. The van der Waals surface area contributed by atoms with E-state index < -0.39 is 0 Å². The Bertz CT molecular complexity index is 534. The van der Waals surface area contributed by atoms with Gasteiger partial charge in [0.05, 0.1) is 5.69 Å². The highest BCUT2D eigenvalue weighted by Gasteiger charge is 2.12. The van der Waals surface area contributed by atoms with Crippen LogP contribution in [0.1, 0.15) is 17.5 Å². The zero-order valence-corrected chi connectivity index (χ0v) is 10.5. The molecule has 2 heteroatoms. The smallest absolute Gasteiger partial charge is 0.0843 e. The van der Waals surface area contributed by atoms with Crippen LogP contribution < -0.4 is 0 Å². The predicted octanol–water partition coefficient (Wildman–Crippen LogP) is 4.00. The van der Waals surface area contributed by atoms with Crippen molar-refractivity contribution in [2.24, 2.45) is 0 Å². The highest BCUT2D eigenvalue weighted by Crippen LogP contribution is 2.30. The van der Waals surface area contributed by atoms with Crippen LogP contribution in [-0.4, -0.2) is 4.98 Å². The first kappa shape index (κ1) is 10.0. The van der Waals surface area contributed by atoms with Gasteiger partial charge in [-0.3, -0.25) is 4.98 Å². The summed E-state index contributed by atoms with van der Waals surface area (Å²) in [6.07, 6.45) is 5.59. The SMILES string of the molecule is Brc1cccnc1-c1ccc2c(c1)CCC2. The molecule has 1 aromatic heterocycles.